The zero-order valence-electron chi connectivity index (χ0n) is 9.98. The summed E-state index contributed by atoms with van der Waals surface area (Å²) in [6.45, 7) is 6.85. The summed E-state index contributed by atoms with van der Waals surface area (Å²) in [5.41, 5.74) is 0.298. The largest absolute Gasteiger partial charge is 0.412 e. The van der Waals surface area contributed by atoms with E-state index in [1.54, 1.807) is 6.08 Å². The zero-order chi connectivity index (χ0) is 12.9. The minimum absolute atomic E-state index is 0.347. The van der Waals surface area contributed by atoms with Gasteiger partial charge in [0.05, 0.1) is 0 Å². The van der Waals surface area contributed by atoms with Gasteiger partial charge in [0.15, 0.2) is 0 Å². The van der Waals surface area contributed by atoms with E-state index in [9.17, 15) is 13.2 Å². The maximum atomic E-state index is 12.2. The lowest BCUT2D eigenvalue weighted by molar-refractivity contribution is -0.0912. The van der Waals surface area contributed by atoms with Crippen molar-refractivity contribution in [3.05, 3.63) is 36.0 Å². The van der Waals surface area contributed by atoms with E-state index < -0.39 is 11.7 Å². The van der Waals surface area contributed by atoms with E-state index in [4.69, 9.17) is 0 Å². The molecule has 0 radical (unpaired) electrons. The van der Waals surface area contributed by atoms with E-state index in [1.165, 1.54) is 6.08 Å². The number of allylic oxidation sites excluding steroid dienone is 4. The highest BCUT2D eigenvalue weighted by Crippen LogP contribution is 2.25. The third kappa shape index (κ3) is 4.77. The maximum absolute atomic E-state index is 12.2. The van der Waals surface area contributed by atoms with Crippen LogP contribution in [0, 0.1) is 5.92 Å². The lowest BCUT2D eigenvalue weighted by Gasteiger charge is -2.23. The third-order valence-electron chi connectivity index (χ3n) is 2.92. The van der Waals surface area contributed by atoms with Crippen LogP contribution in [0.1, 0.15) is 19.8 Å². The number of halogens is 3. The number of hydrogen-bond acceptors (Lipinski definition) is 1. The van der Waals surface area contributed by atoms with Crippen LogP contribution in [0.15, 0.2) is 36.0 Å². The van der Waals surface area contributed by atoms with Gasteiger partial charge in [-0.1, -0.05) is 30.4 Å². The van der Waals surface area contributed by atoms with Crippen LogP contribution in [-0.4, -0.2) is 19.3 Å². The van der Waals surface area contributed by atoms with Gasteiger partial charge in [0.2, 0.25) is 0 Å². The molecule has 1 heterocycles. The molecule has 1 fully saturated rings. The molecule has 1 nitrogen and oxygen atoms in total. The van der Waals surface area contributed by atoms with Crippen molar-refractivity contribution >= 4 is 0 Å². The molecule has 1 saturated heterocycles. The summed E-state index contributed by atoms with van der Waals surface area (Å²) in [5.74, 6) is 0.347. The fourth-order valence-corrected chi connectivity index (χ4v) is 1.71. The summed E-state index contributed by atoms with van der Waals surface area (Å²) < 4.78 is 36.6. The van der Waals surface area contributed by atoms with Gasteiger partial charge in [-0.05, 0) is 32.2 Å². The molecule has 0 spiro atoms. The van der Waals surface area contributed by atoms with Crippen LogP contribution in [-0.2, 0) is 0 Å². The van der Waals surface area contributed by atoms with Crippen LogP contribution in [0.5, 0.6) is 0 Å². The Kier molecular flexibility index (Phi) is 5.00. The van der Waals surface area contributed by atoms with Crippen molar-refractivity contribution in [2.75, 3.05) is 13.1 Å². The summed E-state index contributed by atoms with van der Waals surface area (Å²) >= 11 is 0. The molecule has 4 heteroatoms. The fraction of sp³-hybridized carbons (Fsp3) is 0.538. The zero-order valence-corrected chi connectivity index (χ0v) is 9.98. The Hall–Kier alpha value is -1.03. The van der Waals surface area contributed by atoms with Gasteiger partial charge in [0.25, 0.3) is 0 Å². The van der Waals surface area contributed by atoms with Crippen LogP contribution in [0.25, 0.3) is 0 Å². The summed E-state index contributed by atoms with van der Waals surface area (Å²) in [4.78, 5) is 0. The van der Waals surface area contributed by atoms with E-state index in [2.05, 4.69) is 11.9 Å². The van der Waals surface area contributed by atoms with Crippen LogP contribution in [0.2, 0.25) is 0 Å². The topological polar surface area (TPSA) is 12.0 Å². The molecule has 0 aromatic carbocycles. The quantitative estimate of drug-likeness (QED) is 0.749. The summed E-state index contributed by atoms with van der Waals surface area (Å²) in [6, 6.07) is 0. The minimum Gasteiger partial charge on any atom is -0.316 e. The van der Waals surface area contributed by atoms with Crippen LogP contribution < -0.4 is 5.32 Å². The molecule has 0 aromatic heterocycles. The van der Waals surface area contributed by atoms with Gasteiger partial charge in [0, 0.05) is 12.1 Å². The normalized spacial score (nSPS) is 23.1. The SMILES string of the molecule is C=C(/C=C\C=C(/C)C(F)(F)F)C1CCCNC1. The molecular formula is C13H18F3N. The second-order valence-electron chi connectivity index (χ2n) is 4.32. The molecule has 1 rings (SSSR count). The van der Waals surface area contributed by atoms with Crippen LogP contribution >= 0.6 is 0 Å². The molecule has 1 unspecified atom stereocenters. The van der Waals surface area contributed by atoms with E-state index in [0.29, 0.717) is 5.92 Å². The van der Waals surface area contributed by atoms with Crippen molar-refractivity contribution in [2.24, 2.45) is 5.92 Å². The second-order valence-corrected chi connectivity index (χ2v) is 4.32. The summed E-state index contributed by atoms with van der Waals surface area (Å²) in [7, 11) is 0. The molecule has 0 amide bonds. The molecule has 0 aliphatic carbocycles. The van der Waals surface area contributed by atoms with Crippen LogP contribution in [0.4, 0.5) is 13.2 Å². The average Bonchev–Trinajstić information content (AvgIpc) is 2.28. The Balaban J connectivity index is 2.50. The lowest BCUT2D eigenvalue weighted by Crippen LogP contribution is -2.30. The molecule has 1 aliphatic heterocycles. The van der Waals surface area contributed by atoms with E-state index in [0.717, 1.165) is 44.5 Å². The van der Waals surface area contributed by atoms with Gasteiger partial charge in [-0.2, -0.15) is 13.2 Å². The highest BCUT2D eigenvalue weighted by Gasteiger charge is 2.29. The average molecular weight is 245 g/mol. The standard InChI is InChI=1S/C13H18F3N/c1-10(12-7-4-8-17-9-12)5-3-6-11(2)13(14,15)16/h3,5-6,12,17H,1,4,7-9H2,2H3/b5-3-,11-6+. The van der Waals surface area contributed by atoms with Gasteiger partial charge < -0.3 is 5.32 Å². The first-order valence-electron chi connectivity index (χ1n) is 5.73. The van der Waals surface area contributed by atoms with Crippen molar-refractivity contribution in [3.63, 3.8) is 0 Å². The molecule has 1 atom stereocenters. The van der Waals surface area contributed by atoms with Gasteiger partial charge in [-0.15, -0.1) is 0 Å². The van der Waals surface area contributed by atoms with Gasteiger partial charge in [0.1, 0.15) is 0 Å². The van der Waals surface area contributed by atoms with Crippen molar-refractivity contribution in [3.8, 4) is 0 Å². The molecular weight excluding hydrogens is 227 g/mol. The first kappa shape index (κ1) is 14.0. The molecule has 1 aliphatic rings. The monoisotopic (exact) mass is 245 g/mol. The first-order chi connectivity index (χ1) is 7.91. The van der Waals surface area contributed by atoms with E-state index in [1.807, 2.05) is 0 Å². The van der Waals surface area contributed by atoms with Crippen molar-refractivity contribution in [1.82, 2.24) is 5.32 Å². The smallest absolute Gasteiger partial charge is 0.316 e. The molecule has 0 bridgehead atoms. The number of piperidine rings is 1. The Morgan fingerprint density at radius 3 is 2.65 bits per heavy atom. The highest BCUT2D eigenvalue weighted by atomic mass is 19.4. The fourth-order valence-electron chi connectivity index (χ4n) is 1.71. The van der Waals surface area contributed by atoms with Gasteiger partial charge in [-0.3, -0.25) is 0 Å². The summed E-state index contributed by atoms with van der Waals surface area (Å²) in [6.07, 6.45) is 2.10. The molecule has 0 saturated carbocycles. The maximum Gasteiger partial charge on any atom is 0.412 e. The first-order valence-corrected chi connectivity index (χ1v) is 5.73. The van der Waals surface area contributed by atoms with E-state index >= 15 is 0 Å². The Labute approximate surface area is 100 Å². The molecule has 1 N–H and O–H groups in total. The number of rotatable bonds is 3. The van der Waals surface area contributed by atoms with Crippen molar-refractivity contribution in [1.29, 1.82) is 0 Å². The van der Waals surface area contributed by atoms with Crippen molar-refractivity contribution in [2.45, 2.75) is 25.9 Å². The summed E-state index contributed by atoms with van der Waals surface area (Å²) in [5, 5.41) is 3.25. The number of nitrogens with one attached hydrogen (secondary N) is 1. The second kappa shape index (κ2) is 6.05. The van der Waals surface area contributed by atoms with Gasteiger partial charge in [-0.25, -0.2) is 0 Å². The predicted octanol–water partition coefficient (Wildman–Crippen LogP) is 3.61. The molecule has 96 valence electrons. The number of alkyl halides is 3. The lowest BCUT2D eigenvalue weighted by atomic mass is 9.92. The van der Waals surface area contributed by atoms with Crippen LogP contribution in [0.3, 0.4) is 0 Å². The molecule has 17 heavy (non-hydrogen) atoms. The Morgan fingerprint density at radius 1 is 1.41 bits per heavy atom. The van der Waals surface area contributed by atoms with Gasteiger partial charge >= 0.3 is 6.18 Å². The predicted molar refractivity (Wildman–Crippen MR) is 63.7 cm³/mol. The van der Waals surface area contributed by atoms with Crippen molar-refractivity contribution < 1.29 is 13.2 Å². The third-order valence-corrected chi connectivity index (χ3v) is 2.92. The highest BCUT2D eigenvalue weighted by molar-refractivity contribution is 5.25. The minimum atomic E-state index is -4.24. The Morgan fingerprint density at radius 2 is 2.12 bits per heavy atom. The molecule has 0 aromatic rings. The Bertz CT molecular complexity index is 320. The van der Waals surface area contributed by atoms with E-state index in [-0.39, 0.29) is 0 Å². The number of hydrogen-bond donors (Lipinski definition) is 1.